The van der Waals surface area contributed by atoms with Crippen LogP contribution in [0.15, 0.2) is 24.3 Å². The summed E-state index contributed by atoms with van der Waals surface area (Å²) in [4.78, 5) is 25.0. The molecule has 0 aliphatic carbocycles. The van der Waals surface area contributed by atoms with Crippen LogP contribution in [0, 0.1) is 0 Å². The van der Waals surface area contributed by atoms with Crippen LogP contribution in [-0.4, -0.2) is 42.9 Å². The van der Waals surface area contributed by atoms with Crippen LogP contribution in [-0.2, 0) is 11.0 Å². The predicted molar refractivity (Wildman–Crippen MR) is 82.3 cm³/mol. The van der Waals surface area contributed by atoms with Crippen molar-refractivity contribution in [1.29, 1.82) is 0 Å². The molecule has 9 heteroatoms. The molecule has 1 aromatic rings. The lowest BCUT2D eigenvalue weighted by Gasteiger charge is -2.23. The molecule has 0 saturated heterocycles. The maximum atomic E-state index is 12.4. The molecule has 0 spiro atoms. The normalized spacial score (nSPS) is 12.1. The van der Waals surface area contributed by atoms with Crippen LogP contribution < -0.4 is 11.1 Å². The fourth-order valence-electron chi connectivity index (χ4n) is 1.60. The Hall–Kier alpha value is -1.80. The van der Waals surface area contributed by atoms with Gasteiger partial charge >= 0.3 is 6.18 Å². The summed E-state index contributed by atoms with van der Waals surface area (Å²) in [5, 5.41) is 2.36. The van der Waals surface area contributed by atoms with E-state index in [1.807, 2.05) is 0 Å². The summed E-state index contributed by atoms with van der Waals surface area (Å²) < 4.78 is 37.2. The van der Waals surface area contributed by atoms with Crippen LogP contribution in [0.4, 0.5) is 13.2 Å². The van der Waals surface area contributed by atoms with Crippen LogP contribution in [0.25, 0.3) is 0 Å². The van der Waals surface area contributed by atoms with Crippen LogP contribution in [0.1, 0.15) is 22.8 Å². The lowest BCUT2D eigenvalue weighted by Crippen LogP contribution is -2.44. The van der Waals surface area contributed by atoms with Gasteiger partial charge in [-0.2, -0.15) is 13.2 Å². The topological polar surface area (TPSA) is 75.4 Å². The maximum Gasteiger partial charge on any atom is 0.416 e. The van der Waals surface area contributed by atoms with Crippen LogP contribution in [0.3, 0.4) is 0 Å². The van der Waals surface area contributed by atoms with Crippen LogP contribution in [0.5, 0.6) is 0 Å². The SMILES string of the molecule is CC(CN)N(C)C(=O)CNC(=O)c1ccc(C(F)(F)F)cc1.Cl. The number of hydrogen-bond acceptors (Lipinski definition) is 3. The molecule has 0 aliphatic heterocycles. The minimum atomic E-state index is -4.45. The molecule has 0 saturated carbocycles. The zero-order chi connectivity index (χ0) is 16.9. The van der Waals surface area contributed by atoms with E-state index in [9.17, 15) is 22.8 Å². The minimum absolute atomic E-state index is 0. The number of rotatable bonds is 5. The van der Waals surface area contributed by atoms with Crippen molar-refractivity contribution in [3.63, 3.8) is 0 Å². The Labute approximate surface area is 138 Å². The summed E-state index contributed by atoms with van der Waals surface area (Å²) in [6, 6.07) is 3.60. The van der Waals surface area contributed by atoms with Crippen molar-refractivity contribution in [2.45, 2.75) is 19.1 Å². The second-order valence-corrected chi connectivity index (χ2v) is 4.85. The fraction of sp³-hybridized carbons (Fsp3) is 0.429. The molecule has 5 nitrogen and oxygen atoms in total. The van der Waals surface area contributed by atoms with Gasteiger partial charge in [-0.05, 0) is 31.2 Å². The first kappa shape index (κ1) is 21.2. The number of benzene rings is 1. The Morgan fingerprint density at radius 1 is 1.26 bits per heavy atom. The van der Waals surface area contributed by atoms with Gasteiger partial charge in [0.2, 0.25) is 5.91 Å². The second-order valence-electron chi connectivity index (χ2n) is 4.85. The van der Waals surface area contributed by atoms with Gasteiger partial charge in [0.25, 0.3) is 5.91 Å². The zero-order valence-electron chi connectivity index (χ0n) is 12.7. The highest BCUT2D eigenvalue weighted by atomic mass is 35.5. The molecule has 0 aromatic heterocycles. The lowest BCUT2D eigenvalue weighted by molar-refractivity contribution is -0.137. The third-order valence-electron chi connectivity index (χ3n) is 3.27. The Bertz CT molecular complexity index is 535. The predicted octanol–water partition coefficient (Wildman–Crippen LogP) is 1.66. The van der Waals surface area contributed by atoms with E-state index in [1.165, 1.54) is 4.90 Å². The average Bonchev–Trinajstić information content (AvgIpc) is 2.49. The largest absolute Gasteiger partial charge is 0.416 e. The molecule has 1 aromatic carbocycles. The summed E-state index contributed by atoms with van der Waals surface area (Å²) in [5.41, 5.74) is 4.65. The van der Waals surface area contributed by atoms with Gasteiger partial charge in [0.15, 0.2) is 0 Å². The molecule has 1 atom stereocenters. The number of nitrogens with two attached hydrogens (primary N) is 1. The Kier molecular flexibility index (Phi) is 8.05. The third-order valence-corrected chi connectivity index (χ3v) is 3.27. The van der Waals surface area contributed by atoms with Gasteiger partial charge < -0.3 is 16.0 Å². The summed E-state index contributed by atoms with van der Waals surface area (Å²) in [6.45, 7) is 1.80. The average molecular weight is 354 g/mol. The minimum Gasteiger partial charge on any atom is -0.343 e. The van der Waals surface area contributed by atoms with Gasteiger partial charge in [0, 0.05) is 25.2 Å². The molecule has 1 unspecified atom stereocenters. The molecular formula is C14H19ClF3N3O2. The molecule has 0 fully saturated rings. The van der Waals surface area contributed by atoms with E-state index in [1.54, 1.807) is 14.0 Å². The van der Waals surface area contributed by atoms with Crippen molar-refractivity contribution >= 4 is 24.2 Å². The van der Waals surface area contributed by atoms with Crippen molar-refractivity contribution in [2.75, 3.05) is 20.1 Å². The van der Waals surface area contributed by atoms with Gasteiger partial charge in [-0.15, -0.1) is 12.4 Å². The first-order valence-corrected chi connectivity index (χ1v) is 6.58. The fourth-order valence-corrected chi connectivity index (χ4v) is 1.60. The smallest absolute Gasteiger partial charge is 0.343 e. The number of hydrogen-bond donors (Lipinski definition) is 2. The third kappa shape index (κ3) is 6.07. The van der Waals surface area contributed by atoms with E-state index >= 15 is 0 Å². The summed E-state index contributed by atoms with van der Waals surface area (Å²) in [7, 11) is 1.56. The number of alkyl halides is 3. The first-order chi connectivity index (χ1) is 10.2. The highest BCUT2D eigenvalue weighted by Gasteiger charge is 2.30. The number of amides is 2. The molecule has 130 valence electrons. The molecule has 2 amide bonds. The van der Waals surface area contributed by atoms with E-state index < -0.39 is 17.6 Å². The molecule has 3 N–H and O–H groups in total. The maximum absolute atomic E-state index is 12.4. The van der Waals surface area contributed by atoms with Crippen molar-refractivity contribution < 1.29 is 22.8 Å². The van der Waals surface area contributed by atoms with E-state index in [4.69, 9.17) is 5.73 Å². The molecule has 0 bridgehead atoms. The highest BCUT2D eigenvalue weighted by molar-refractivity contribution is 5.96. The Morgan fingerprint density at radius 2 is 1.78 bits per heavy atom. The monoisotopic (exact) mass is 353 g/mol. The number of carbonyl (C=O) groups is 2. The van der Waals surface area contributed by atoms with Crippen molar-refractivity contribution in [3.8, 4) is 0 Å². The Morgan fingerprint density at radius 3 is 2.22 bits per heavy atom. The molecule has 1 rings (SSSR count). The van der Waals surface area contributed by atoms with E-state index in [2.05, 4.69) is 5.32 Å². The van der Waals surface area contributed by atoms with Gasteiger partial charge in [0.05, 0.1) is 12.1 Å². The number of halogens is 4. The van der Waals surface area contributed by atoms with Gasteiger partial charge in [-0.1, -0.05) is 0 Å². The summed E-state index contributed by atoms with van der Waals surface area (Å²) in [6.07, 6.45) is -4.45. The zero-order valence-corrected chi connectivity index (χ0v) is 13.5. The Balaban J connectivity index is 0.00000484. The second kappa shape index (κ2) is 8.73. The van der Waals surface area contributed by atoms with Crippen LogP contribution >= 0.6 is 12.4 Å². The first-order valence-electron chi connectivity index (χ1n) is 6.58. The molecule has 0 radical (unpaired) electrons. The number of nitrogens with one attached hydrogen (secondary N) is 1. The summed E-state index contributed by atoms with van der Waals surface area (Å²) >= 11 is 0. The molecular weight excluding hydrogens is 335 g/mol. The standard InChI is InChI=1S/C14H18F3N3O2.ClH/c1-9(7-18)20(2)12(21)8-19-13(22)10-3-5-11(6-4-10)14(15,16)17;/h3-6,9H,7-8,18H2,1-2H3,(H,19,22);1H. The van der Waals surface area contributed by atoms with Crippen molar-refractivity contribution in [3.05, 3.63) is 35.4 Å². The summed E-state index contributed by atoms with van der Waals surface area (Å²) in [5.74, 6) is -0.950. The van der Waals surface area contributed by atoms with Gasteiger partial charge in [-0.25, -0.2) is 0 Å². The van der Waals surface area contributed by atoms with Crippen LogP contribution in [0.2, 0.25) is 0 Å². The quantitative estimate of drug-likeness (QED) is 0.845. The molecule has 23 heavy (non-hydrogen) atoms. The highest BCUT2D eigenvalue weighted by Crippen LogP contribution is 2.28. The van der Waals surface area contributed by atoms with E-state index in [-0.39, 0.29) is 43.0 Å². The number of nitrogens with zero attached hydrogens (tertiary/aromatic N) is 1. The van der Waals surface area contributed by atoms with Crippen molar-refractivity contribution in [2.24, 2.45) is 5.73 Å². The number of carbonyl (C=O) groups excluding carboxylic acids is 2. The molecule has 0 heterocycles. The van der Waals surface area contributed by atoms with E-state index in [0.29, 0.717) is 0 Å². The van der Waals surface area contributed by atoms with E-state index in [0.717, 1.165) is 24.3 Å². The van der Waals surface area contributed by atoms with Gasteiger partial charge in [-0.3, -0.25) is 9.59 Å². The lowest BCUT2D eigenvalue weighted by atomic mass is 10.1. The number of likely N-dealkylation sites (N-methyl/N-ethyl adjacent to an activating group) is 1. The molecule has 0 aliphatic rings. The van der Waals surface area contributed by atoms with Crippen molar-refractivity contribution in [1.82, 2.24) is 10.2 Å². The van der Waals surface area contributed by atoms with Gasteiger partial charge in [0.1, 0.15) is 0 Å².